The Morgan fingerprint density at radius 3 is 2.81 bits per heavy atom. The molecule has 0 aliphatic carbocycles. The van der Waals surface area contributed by atoms with Crippen molar-refractivity contribution in [3.63, 3.8) is 0 Å². The second-order valence-corrected chi connectivity index (χ2v) is 8.46. The van der Waals surface area contributed by atoms with E-state index in [4.69, 9.17) is 0 Å². The first kappa shape index (κ1) is 18.9. The van der Waals surface area contributed by atoms with Crippen LogP contribution in [0.4, 0.5) is 11.8 Å². The minimum absolute atomic E-state index is 0.210. The van der Waals surface area contributed by atoms with E-state index in [0.29, 0.717) is 24.2 Å². The summed E-state index contributed by atoms with van der Waals surface area (Å²) in [5.74, 6) is 2.65. The fourth-order valence-electron chi connectivity index (χ4n) is 4.28. The standard InChI is InChI=1S/C20H33N5O/c1-15(2)7-11-25-14-20(9-6-18(25)26)8-5-10-24(13-20)17-12-16(3)22-19(21-4)23-17/h12,15H,5-11,13-14H2,1-4H3,(H,21,22,23). The molecule has 0 bridgehead atoms. The van der Waals surface area contributed by atoms with Gasteiger partial charge in [0.15, 0.2) is 0 Å². The summed E-state index contributed by atoms with van der Waals surface area (Å²) in [6.07, 6.45) is 5.14. The van der Waals surface area contributed by atoms with Crippen LogP contribution < -0.4 is 10.2 Å². The average Bonchev–Trinajstić information content (AvgIpc) is 2.62. The summed E-state index contributed by atoms with van der Waals surface area (Å²) in [4.78, 5) is 26.0. The molecule has 6 heteroatoms. The fourth-order valence-corrected chi connectivity index (χ4v) is 4.28. The Kier molecular flexibility index (Phi) is 5.68. The molecular formula is C20H33N5O. The molecule has 2 fully saturated rings. The number of likely N-dealkylation sites (tertiary alicyclic amines) is 1. The molecule has 6 nitrogen and oxygen atoms in total. The number of carbonyl (C=O) groups excluding carboxylic acids is 1. The van der Waals surface area contributed by atoms with Crippen molar-refractivity contribution in [2.24, 2.45) is 11.3 Å². The van der Waals surface area contributed by atoms with Crippen LogP contribution in [0.25, 0.3) is 0 Å². The molecular weight excluding hydrogens is 326 g/mol. The number of nitrogens with zero attached hydrogens (tertiary/aromatic N) is 4. The number of nitrogens with one attached hydrogen (secondary N) is 1. The van der Waals surface area contributed by atoms with Gasteiger partial charge in [0.05, 0.1) is 0 Å². The van der Waals surface area contributed by atoms with E-state index >= 15 is 0 Å². The van der Waals surface area contributed by atoms with Crippen LogP contribution in [-0.2, 0) is 4.79 Å². The van der Waals surface area contributed by atoms with Gasteiger partial charge >= 0.3 is 0 Å². The summed E-state index contributed by atoms with van der Waals surface area (Å²) in [7, 11) is 1.86. The summed E-state index contributed by atoms with van der Waals surface area (Å²) >= 11 is 0. The van der Waals surface area contributed by atoms with Gasteiger partial charge in [-0.05, 0) is 38.5 Å². The van der Waals surface area contributed by atoms with Crippen LogP contribution in [0, 0.1) is 18.3 Å². The predicted molar refractivity (Wildman–Crippen MR) is 105 cm³/mol. The number of rotatable bonds is 5. The number of anilines is 2. The highest BCUT2D eigenvalue weighted by Gasteiger charge is 2.42. The Balaban J connectivity index is 1.74. The monoisotopic (exact) mass is 359 g/mol. The first-order chi connectivity index (χ1) is 12.4. The molecule has 0 aromatic carbocycles. The first-order valence-corrected chi connectivity index (χ1v) is 9.97. The molecule has 2 saturated heterocycles. The van der Waals surface area contributed by atoms with E-state index in [9.17, 15) is 4.79 Å². The largest absolute Gasteiger partial charge is 0.357 e. The number of aromatic nitrogens is 2. The van der Waals surface area contributed by atoms with E-state index in [0.717, 1.165) is 57.0 Å². The molecule has 26 heavy (non-hydrogen) atoms. The lowest BCUT2D eigenvalue weighted by Crippen LogP contribution is -2.54. The van der Waals surface area contributed by atoms with Crippen molar-refractivity contribution < 1.29 is 4.79 Å². The van der Waals surface area contributed by atoms with Crippen molar-refractivity contribution in [1.82, 2.24) is 14.9 Å². The van der Waals surface area contributed by atoms with Crippen molar-refractivity contribution in [2.75, 3.05) is 43.4 Å². The number of piperidine rings is 2. The van der Waals surface area contributed by atoms with Crippen molar-refractivity contribution in [1.29, 1.82) is 0 Å². The smallest absolute Gasteiger partial charge is 0.224 e. The molecule has 1 atom stereocenters. The van der Waals surface area contributed by atoms with Crippen molar-refractivity contribution >= 4 is 17.7 Å². The highest BCUT2D eigenvalue weighted by Crippen LogP contribution is 2.40. The normalized spacial score (nSPS) is 23.8. The third-order valence-electron chi connectivity index (χ3n) is 5.77. The van der Waals surface area contributed by atoms with Crippen molar-refractivity contribution in [3.8, 4) is 0 Å². The van der Waals surface area contributed by atoms with Gasteiger partial charge in [0, 0.05) is 56.8 Å². The zero-order chi connectivity index (χ0) is 18.7. The van der Waals surface area contributed by atoms with Crippen LogP contribution in [0.15, 0.2) is 6.07 Å². The molecule has 0 radical (unpaired) electrons. The number of hydrogen-bond donors (Lipinski definition) is 1. The lowest BCUT2D eigenvalue weighted by atomic mass is 9.73. The van der Waals surface area contributed by atoms with Gasteiger partial charge in [-0.1, -0.05) is 13.8 Å². The predicted octanol–water partition coefficient (Wildman–Crippen LogP) is 3.08. The number of aryl methyl sites for hydroxylation is 1. The highest BCUT2D eigenvalue weighted by molar-refractivity contribution is 5.77. The molecule has 3 heterocycles. The van der Waals surface area contributed by atoms with Gasteiger partial charge in [-0.2, -0.15) is 4.98 Å². The second-order valence-electron chi connectivity index (χ2n) is 8.46. The van der Waals surface area contributed by atoms with E-state index in [1.54, 1.807) is 0 Å². The van der Waals surface area contributed by atoms with Crippen LogP contribution >= 0.6 is 0 Å². The lowest BCUT2D eigenvalue weighted by Gasteiger charge is -2.48. The summed E-state index contributed by atoms with van der Waals surface area (Å²) in [6, 6.07) is 2.07. The Hall–Kier alpha value is -1.85. The Labute approximate surface area is 157 Å². The molecule has 2 aliphatic heterocycles. The molecule has 1 aromatic rings. The molecule has 0 saturated carbocycles. The van der Waals surface area contributed by atoms with E-state index in [-0.39, 0.29) is 5.41 Å². The third-order valence-corrected chi connectivity index (χ3v) is 5.77. The zero-order valence-corrected chi connectivity index (χ0v) is 16.7. The Morgan fingerprint density at radius 2 is 2.08 bits per heavy atom. The van der Waals surface area contributed by atoms with Gasteiger partial charge in [0.2, 0.25) is 11.9 Å². The molecule has 1 aromatic heterocycles. The number of hydrogen-bond acceptors (Lipinski definition) is 5. The maximum Gasteiger partial charge on any atom is 0.224 e. The average molecular weight is 360 g/mol. The van der Waals surface area contributed by atoms with Crippen LogP contribution in [0.2, 0.25) is 0 Å². The van der Waals surface area contributed by atoms with Gasteiger partial charge in [0.25, 0.3) is 0 Å². The Morgan fingerprint density at radius 1 is 1.27 bits per heavy atom. The maximum atomic E-state index is 12.4. The fraction of sp³-hybridized carbons (Fsp3) is 0.750. The summed E-state index contributed by atoms with van der Waals surface area (Å²) in [6.45, 7) is 10.3. The summed E-state index contributed by atoms with van der Waals surface area (Å²) in [5, 5.41) is 3.06. The van der Waals surface area contributed by atoms with Gasteiger partial charge in [0.1, 0.15) is 5.82 Å². The van der Waals surface area contributed by atoms with E-state index in [1.165, 1.54) is 6.42 Å². The van der Waals surface area contributed by atoms with Gasteiger partial charge in [-0.25, -0.2) is 4.98 Å². The molecule has 144 valence electrons. The molecule has 1 amide bonds. The van der Waals surface area contributed by atoms with Crippen LogP contribution in [0.1, 0.15) is 51.6 Å². The molecule has 1 unspecified atom stereocenters. The van der Waals surface area contributed by atoms with Crippen molar-refractivity contribution in [3.05, 3.63) is 11.8 Å². The maximum absolute atomic E-state index is 12.4. The van der Waals surface area contributed by atoms with Crippen LogP contribution in [0.3, 0.4) is 0 Å². The SMILES string of the molecule is CNc1nc(C)cc(N2CCCC3(CCC(=O)N(CCC(C)C)C3)C2)n1. The zero-order valence-electron chi connectivity index (χ0n) is 16.7. The number of carbonyl (C=O) groups is 1. The van der Waals surface area contributed by atoms with Crippen LogP contribution in [0.5, 0.6) is 0 Å². The highest BCUT2D eigenvalue weighted by atomic mass is 16.2. The molecule has 2 aliphatic rings. The first-order valence-electron chi connectivity index (χ1n) is 9.97. The molecule has 1 spiro atoms. The number of amides is 1. The Bertz CT molecular complexity index is 647. The van der Waals surface area contributed by atoms with Gasteiger partial charge in [-0.3, -0.25) is 4.79 Å². The van der Waals surface area contributed by atoms with Crippen molar-refractivity contribution in [2.45, 2.75) is 52.9 Å². The topological polar surface area (TPSA) is 61.4 Å². The summed E-state index contributed by atoms with van der Waals surface area (Å²) in [5.41, 5.74) is 1.19. The lowest BCUT2D eigenvalue weighted by molar-refractivity contribution is -0.138. The van der Waals surface area contributed by atoms with Gasteiger partial charge in [-0.15, -0.1) is 0 Å². The van der Waals surface area contributed by atoms with Gasteiger partial charge < -0.3 is 15.1 Å². The third kappa shape index (κ3) is 4.27. The molecule has 1 N–H and O–H groups in total. The van der Waals surface area contributed by atoms with Crippen LogP contribution in [-0.4, -0.2) is 54.0 Å². The molecule has 3 rings (SSSR count). The van der Waals surface area contributed by atoms with E-state index < -0.39 is 0 Å². The van der Waals surface area contributed by atoms with E-state index in [1.807, 2.05) is 14.0 Å². The second kappa shape index (κ2) is 7.80. The van der Waals surface area contributed by atoms with E-state index in [2.05, 4.69) is 45.0 Å². The summed E-state index contributed by atoms with van der Waals surface area (Å²) < 4.78 is 0. The quantitative estimate of drug-likeness (QED) is 0.875. The minimum Gasteiger partial charge on any atom is -0.357 e. The minimum atomic E-state index is 0.210.